The second kappa shape index (κ2) is 7.66. The molecule has 0 N–H and O–H groups in total. The second-order valence-electron chi connectivity index (χ2n) is 7.02. The third kappa shape index (κ3) is 3.48. The molecular weight excluding hydrogens is 376 g/mol. The van der Waals surface area contributed by atoms with Crippen LogP contribution in [0, 0.1) is 11.6 Å². The van der Waals surface area contributed by atoms with Gasteiger partial charge >= 0.3 is 0 Å². The SMILES string of the molecule is COc1cc(F)c(C(=O)N2CCc3nn(C)c(-c4ccccc4)c3CC2)c(F)c1. The monoisotopic (exact) mass is 397 g/mol. The van der Waals surface area contributed by atoms with E-state index in [4.69, 9.17) is 4.74 Å². The maximum absolute atomic E-state index is 14.4. The number of benzene rings is 2. The van der Waals surface area contributed by atoms with Gasteiger partial charge in [-0.2, -0.15) is 5.10 Å². The number of carbonyl (C=O) groups is 1. The highest BCUT2D eigenvalue weighted by atomic mass is 19.1. The molecule has 3 aromatic rings. The highest BCUT2D eigenvalue weighted by Gasteiger charge is 2.28. The predicted molar refractivity (Wildman–Crippen MR) is 105 cm³/mol. The molecule has 1 aliphatic rings. The molecule has 0 saturated carbocycles. The molecule has 4 rings (SSSR count). The molecule has 0 bridgehead atoms. The molecule has 7 heteroatoms. The van der Waals surface area contributed by atoms with Crippen molar-refractivity contribution >= 4 is 5.91 Å². The van der Waals surface area contributed by atoms with Crippen molar-refractivity contribution in [3.63, 3.8) is 0 Å². The third-order valence-electron chi connectivity index (χ3n) is 5.28. The summed E-state index contributed by atoms with van der Waals surface area (Å²) in [5.41, 5.74) is 3.50. The minimum Gasteiger partial charge on any atom is -0.497 e. The van der Waals surface area contributed by atoms with Crippen molar-refractivity contribution < 1.29 is 18.3 Å². The van der Waals surface area contributed by atoms with E-state index in [1.807, 2.05) is 42.1 Å². The first-order valence-electron chi connectivity index (χ1n) is 9.42. The number of methoxy groups -OCH3 is 1. The molecule has 0 radical (unpaired) electrons. The Morgan fingerprint density at radius 2 is 1.72 bits per heavy atom. The van der Waals surface area contributed by atoms with Crippen molar-refractivity contribution in [1.29, 1.82) is 0 Å². The van der Waals surface area contributed by atoms with Crippen molar-refractivity contribution in [2.45, 2.75) is 12.8 Å². The first kappa shape index (κ1) is 19.1. The molecule has 150 valence electrons. The van der Waals surface area contributed by atoms with E-state index in [2.05, 4.69) is 5.10 Å². The number of hydrogen-bond donors (Lipinski definition) is 0. The van der Waals surface area contributed by atoms with E-state index in [0.29, 0.717) is 25.9 Å². The predicted octanol–water partition coefficient (Wildman–Crippen LogP) is 3.61. The Hall–Kier alpha value is -3.22. The average molecular weight is 397 g/mol. The maximum atomic E-state index is 14.4. The average Bonchev–Trinajstić information content (AvgIpc) is 2.88. The van der Waals surface area contributed by atoms with E-state index < -0.39 is 23.1 Å². The standard InChI is InChI=1S/C22H21F2N3O2/c1-26-21(14-6-4-3-5-7-14)16-8-10-27(11-9-19(16)25-26)22(28)20-17(23)12-15(29-2)13-18(20)24/h3-7,12-13H,8-11H2,1-2H3. The van der Waals surface area contributed by atoms with Gasteiger partial charge in [-0.15, -0.1) is 0 Å². The van der Waals surface area contributed by atoms with Crippen LogP contribution in [0.15, 0.2) is 42.5 Å². The summed E-state index contributed by atoms with van der Waals surface area (Å²) in [7, 11) is 3.22. The molecule has 2 heterocycles. The summed E-state index contributed by atoms with van der Waals surface area (Å²) >= 11 is 0. The molecular formula is C22H21F2N3O2. The van der Waals surface area contributed by atoms with Crippen LogP contribution >= 0.6 is 0 Å². The molecule has 0 fully saturated rings. The zero-order valence-electron chi connectivity index (χ0n) is 16.3. The van der Waals surface area contributed by atoms with Crippen molar-refractivity contribution in [3.8, 4) is 17.0 Å². The number of carbonyl (C=O) groups excluding carboxylic acids is 1. The van der Waals surface area contributed by atoms with Crippen LogP contribution < -0.4 is 4.74 Å². The summed E-state index contributed by atoms with van der Waals surface area (Å²) in [6, 6.07) is 12.0. The molecule has 0 spiro atoms. The molecule has 1 aliphatic heterocycles. The smallest absolute Gasteiger partial charge is 0.259 e. The minimum absolute atomic E-state index is 0.0389. The molecule has 1 aromatic heterocycles. The Morgan fingerprint density at radius 3 is 2.38 bits per heavy atom. The number of nitrogens with zero attached hydrogens (tertiary/aromatic N) is 3. The van der Waals surface area contributed by atoms with Crippen LogP contribution in [0.2, 0.25) is 0 Å². The van der Waals surface area contributed by atoms with Crippen molar-refractivity contribution in [2.75, 3.05) is 20.2 Å². The minimum atomic E-state index is -0.919. The summed E-state index contributed by atoms with van der Waals surface area (Å²) < 4.78 is 35.4. The number of amides is 1. The third-order valence-corrected chi connectivity index (χ3v) is 5.28. The van der Waals surface area contributed by atoms with Gasteiger partial charge < -0.3 is 9.64 Å². The molecule has 0 atom stereocenters. The van der Waals surface area contributed by atoms with E-state index in [-0.39, 0.29) is 5.75 Å². The topological polar surface area (TPSA) is 47.4 Å². The van der Waals surface area contributed by atoms with Crippen LogP contribution in [0.1, 0.15) is 21.6 Å². The van der Waals surface area contributed by atoms with E-state index >= 15 is 0 Å². The van der Waals surface area contributed by atoms with Gasteiger partial charge in [-0.3, -0.25) is 9.48 Å². The maximum Gasteiger partial charge on any atom is 0.259 e. The molecule has 2 aromatic carbocycles. The van der Waals surface area contributed by atoms with E-state index in [0.717, 1.165) is 34.6 Å². The highest BCUT2D eigenvalue weighted by Crippen LogP contribution is 2.29. The summed E-state index contributed by atoms with van der Waals surface area (Å²) in [6.07, 6.45) is 1.10. The lowest BCUT2D eigenvalue weighted by Gasteiger charge is -2.21. The summed E-state index contributed by atoms with van der Waals surface area (Å²) in [6.45, 7) is 0.713. The number of hydrogen-bond acceptors (Lipinski definition) is 3. The van der Waals surface area contributed by atoms with Gasteiger partial charge in [-0.25, -0.2) is 8.78 Å². The lowest BCUT2D eigenvalue weighted by molar-refractivity contribution is 0.0752. The van der Waals surface area contributed by atoms with Gasteiger partial charge in [-0.05, 0) is 6.42 Å². The zero-order valence-corrected chi connectivity index (χ0v) is 16.3. The van der Waals surface area contributed by atoms with Crippen molar-refractivity contribution in [3.05, 3.63) is 70.9 Å². The summed E-state index contributed by atoms with van der Waals surface area (Å²) in [5, 5.41) is 4.63. The van der Waals surface area contributed by atoms with Gasteiger partial charge in [0, 0.05) is 49.8 Å². The number of ether oxygens (including phenoxy) is 1. The first-order chi connectivity index (χ1) is 14.0. The van der Waals surface area contributed by atoms with Gasteiger partial charge in [-0.1, -0.05) is 30.3 Å². The fourth-order valence-electron chi connectivity index (χ4n) is 3.88. The highest BCUT2D eigenvalue weighted by molar-refractivity contribution is 5.95. The molecule has 0 aliphatic carbocycles. The summed E-state index contributed by atoms with van der Waals surface area (Å²) in [4.78, 5) is 14.4. The normalized spacial score (nSPS) is 13.7. The van der Waals surface area contributed by atoms with E-state index in [9.17, 15) is 13.6 Å². The number of aromatic nitrogens is 2. The van der Waals surface area contributed by atoms with E-state index in [1.54, 1.807) is 0 Å². The van der Waals surface area contributed by atoms with Crippen LogP contribution in [0.25, 0.3) is 11.3 Å². The lowest BCUT2D eigenvalue weighted by atomic mass is 10.0. The lowest BCUT2D eigenvalue weighted by Crippen LogP contribution is -2.34. The van der Waals surface area contributed by atoms with Gasteiger partial charge in [0.15, 0.2) is 0 Å². The first-order valence-corrected chi connectivity index (χ1v) is 9.42. The number of halogens is 2. The number of aryl methyl sites for hydroxylation is 1. The number of rotatable bonds is 3. The van der Waals surface area contributed by atoms with Gasteiger partial charge in [0.25, 0.3) is 5.91 Å². The fraction of sp³-hybridized carbons (Fsp3) is 0.273. The fourth-order valence-corrected chi connectivity index (χ4v) is 3.88. The van der Waals surface area contributed by atoms with Crippen LogP contribution in [0.3, 0.4) is 0 Å². The molecule has 0 saturated heterocycles. The number of fused-ring (bicyclic) bond motifs is 1. The molecule has 5 nitrogen and oxygen atoms in total. The van der Waals surface area contributed by atoms with Gasteiger partial charge in [0.2, 0.25) is 0 Å². The van der Waals surface area contributed by atoms with Crippen LogP contribution in [0.5, 0.6) is 5.75 Å². The quantitative estimate of drug-likeness (QED) is 0.678. The molecule has 29 heavy (non-hydrogen) atoms. The zero-order chi connectivity index (χ0) is 20.5. The largest absolute Gasteiger partial charge is 0.497 e. The Kier molecular flexibility index (Phi) is 5.05. The van der Waals surface area contributed by atoms with Crippen LogP contribution in [0.4, 0.5) is 8.78 Å². The Bertz CT molecular complexity index is 1040. The molecule has 0 unspecified atom stereocenters. The Balaban J connectivity index is 1.61. The second-order valence-corrected chi connectivity index (χ2v) is 7.02. The van der Waals surface area contributed by atoms with Crippen molar-refractivity contribution in [2.24, 2.45) is 7.05 Å². The Labute approximate surface area is 167 Å². The Morgan fingerprint density at radius 1 is 1.07 bits per heavy atom. The van der Waals surface area contributed by atoms with Gasteiger partial charge in [0.05, 0.1) is 18.5 Å². The van der Waals surface area contributed by atoms with Crippen molar-refractivity contribution in [1.82, 2.24) is 14.7 Å². The van der Waals surface area contributed by atoms with Crippen LogP contribution in [-0.2, 0) is 19.9 Å². The van der Waals surface area contributed by atoms with E-state index in [1.165, 1.54) is 12.0 Å². The van der Waals surface area contributed by atoms with Crippen LogP contribution in [-0.4, -0.2) is 40.8 Å². The summed E-state index contributed by atoms with van der Waals surface area (Å²) in [5.74, 6) is -2.45. The van der Waals surface area contributed by atoms with Gasteiger partial charge in [0.1, 0.15) is 22.9 Å². The molecule has 1 amide bonds.